The van der Waals surface area contributed by atoms with Gasteiger partial charge in [-0.2, -0.15) is 4.31 Å². The van der Waals surface area contributed by atoms with Crippen LogP contribution in [-0.4, -0.2) is 36.7 Å². The molecule has 6 nitrogen and oxygen atoms in total. The Labute approximate surface area is 170 Å². The van der Waals surface area contributed by atoms with Crippen molar-refractivity contribution >= 4 is 27.3 Å². The fourth-order valence-corrected chi connectivity index (χ4v) is 7.28. The van der Waals surface area contributed by atoms with Crippen molar-refractivity contribution in [2.45, 2.75) is 42.9 Å². The van der Waals surface area contributed by atoms with Crippen LogP contribution in [0.3, 0.4) is 0 Å². The predicted molar refractivity (Wildman–Crippen MR) is 108 cm³/mol. The van der Waals surface area contributed by atoms with Crippen molar-refractivity contribution in [1.29, 1.82) is 0 Å². The highest BCUT2D eigenvalue weighted by Gasteiger charge is 2.53. The van der Waals surface area contributed by atoms with E-state index in [1.54, 1.807) is 34.2 Å². The monoisotopic (exact) mass is 419 g/mol. The molecule has 0 radical (unpaired) electrons. The highest BCUT2D eigenvalue weighted by atomic mass is 32.2. The second kappa shape index (κ2) is 7.93. The number of sulfonamides is 1. The number of nitrogens with zero attached hydrogens (tertiary/aromatic N) is 2. The van der Waals surface area contributed by atoms with E-state index in [1.165, 1.54) is 11.3 Å². The number of carbonyl (C=O) groups is 1. The number of thiophene rings is 1. The largest absolute Gasteiger partial charge is 0.352 e. The summed E-state index contributed by atoms with van der Waals surface area (Å²) in [6.07, 6.45) is 8.50. The molecule has 1 saturated carbocycles. The highest BCUT2D eigenvalue weighted by Crippen LogP contribution is 2.49. The molecule has 1 amide bonds. The summed E-state index contributed by atoms with van der Waals surface area (Å²) in [5.74, 6) is -0.341. The molecular weight excluding hydrogens is 394 g/mol. The van der Waals surface area contributed by atoms with Crippen LogP contribution in [0.15, 0.2) is 46.2 Å². The van der Waals surface area contributed by atoms with E-state index in [-0.39, 0.29) is 23.8 Å². The molecule has 0 bridgehead atoms. The maximum atomic E-state index is 13.1. The first kappa shape index (κ1) is 19.5. The molecule has 1 atom stereocenters. The van der Waals surface area contributed by atoms with E-state index in [2.05, 4.69) is 10.3 Å². The van der Waals surface area contributed by atoms with Crippen molar-refractivity contribution in [1.82, 2.24) is 14.6 Å². The number of hydrogen-bond donors (Lipinski definition) is 1. The van der Waals surface area contributed by atoms with Crippen LogP contribution in [0.2, 0.25) is 0 Å². The van der Waals surface area contributed by atoms with Crippen molar-refractivity contribution < 1.29 is 13.2 Å². The lowest BCUT2D eigenvalue weighted by atomic mass is 9.67. The van der Waals surface area contributed by atoms with Crippen molar-refractivity contribution in [2.75, 3.05) is 13.1 Å². The smallest absolute Gasteiger partial charge is 0.252 e. The third kappa shape index (κ3) is 3.73. The molecule has 1 saturated heterocycles. The average Bonchev–Trinajstić information content (AvgIpc) is 3.37. The number of carbonyl (C=O) groups excluding carboxylic acids is 1. The summed E-state index contributed by atoms with van der Waals surface area (Å²) >= 11 is 1.23. The minimum Gasteiger partial charge on any atom is -0.352 e. The summed E-state index contributed by atoms with van der Waals surface area (Å²) < 4.78 is 28.0. The molecule has 8 heteroatoms. The molecule has 2 aromatic rings. The van der Waals surface area contributed by atoms with Gasteiger partial charge in [0.15, 0.2) is 0 Å². The summed E-state index contributed by atoms with van der Waals surface area (Å²) in [7, 11) is -3.54. The van der Waals surface area contributed by atoms with Gasteiger partial charge in [0.05, 0.1) is 5.92 Å². The summed E-state index contributed by atoms with van der Waals surface area (Å²) in [5.41, 5.74) is 0.743. The molecule has 150 valence electrons. The van der Waals surface area contributed by atoms with Gasteiger partial charge in [0.25, 0.3) is 10.0 Å². The molecule has 1 spiro atoms. The van der Waals surface area contributed by atoms with Crippen LogP contribution in [-0.2, 0) is 21.4 Å². The molecule has 4 rings (SSSR count). The fourth-order valence-electron chi connectivity index (χ4n) is 4.58. The Morgan fingerprint density at radius 1 is 1.21 bits per heavy atom. The molecule has 1 aliphatic carbocycles. The maximum Gasteiger partial charge on any atom is 0.252 e. The number of hydrogen-bond acceptors (Lipinski definition) is 5. The van der Waals surface area contributed by atoms with Gasteiger partial charge < -0.3 is 5.32 Å². The lowest BCUT2D eigenvalue weighted by molar-refractivity contribution is -0.128. The molecule has 2 fully saturated rings. The van der Waals surface area contributed by atoms with E-state index >= 15 is 0 Å². The number of nitrogens with one attached hydrogen (secondary N) is 1. The molecule has 3 heterocycles. The van der Waals surface area contributed by atoms with Crippen LogP contribution in [0.1, 0.15) is 37.7 Å². The Morgan fingerprint density at radius 2 is 1.96 bits per heavy atom. The lowest BCUT2D eigenvalue weighted by Crippen LogP contribution is -2.42. The quantitative estimate of drug-likeness (QED) is 0.808. The SMILES string of the molecule is O=C(NCc1ccncc1)[C@H]1CN(S(=O)(=O)c2cccs2)CC12CCCCC2. The van der Waals surface area contributed by atoms with E-state index in [4.69, 9.17) is 0 Å². The summed E-state index contributed by atoms with van der Waals surface area (Å²) in [6.45, 7) is 1.15. The van der Waals surface area contributed by atoms with Gasteiger partial charge in [0.2, 0.25) is 5.91 Å². The van der Waals surface area contributed by atoms with Gasteiger partial charge in [-0.25, -0.2) is 8.42 Å². The van der Waals surface area contributed by atoms with Crippen molar-refractivity contribution in [3.05, 3.63) is 47.6 Å². The van der Waals surface area contributed by atoms with Gasteiger partial charge >= 0.3 is 0 Å². The Bertz CT molecular complexity index is 907. The van der Waals surface area contributed by atoms with E-state index in [9.17, 15) is 13.2 Å². The first-order valence-corrected chi connectivity index (χ1v) is 12.0. The van der Waals surface area contributed by atoms with Crippen LogP contribution >= 0.6 is 11.3 Å². The van der Waals surface area contributed by atoms with Gasteiger partial charge in [-0.05, 0) is 47.4 Å². The predicted octanol–water partition coefficient (Wildman–Crippen LogP) is 3.03. The van der Waals surface area contributed by atoms with Gasteiger partial charge in [-0.1, -0.05) is 25.3 Å². The summed E-state index contributed by atoms with van der Waals surface area (Å²) in [4.78, 5) is 17.1. The Kier molecular flexibility index (Phi) is 5.53. The van der Waals surface area contributed by atoms with Crippen LogP contribution in [0, 0.1) is 11.3 Å². The third-order valence-corrected chi connectivity index (χ3v) is 9.27. The Balaban J connectivity index is 1.54. The van der Waals surface area contributed by atoms with E-state index in [1.807, 2.05) is 12.1 Å². The van der Waals surface area contributed by atoms with Gasteiger partial charge in [0, 0.05) is 32.0 Å². The molecule has 2 aliphatic rings. The molecule has 1 aliphatic heterocycles. The Hall–Kier alpha value is -1.77. The number of pyridine rings is 1. The zero-order valence-electron chi connectivity index (χ0n) is 15.7. The van der Waals surface area contributed by atoms with Crippen molar-refractivity contribution in [3.8, 4) is 0 Å². The first-order chi connectivity index (χ1) is 13.5. The van der Waals surface area contributed by atoms with E-state index < -0.39 is 10.0 Å². The van der Waals surface area contributed by atoms with Gasteiger partial charge in [0.1, 0.15) is 4.21 Å². The molecule has 28 heavy (non-hydrogen) atoms. The zero-order chi connectivity index (χ0) is 19.6. The normalized spacial score (nSPS) is 22.4. The number of amides is 1. The van der Waals surface area contributed by atoms with E-state index in [0.717, 1.165) is 37.7 Å². The molecule has 2 aromatic heterocycles. The van der Waals surface area contributed by atoms with E-state index in [0.29, 0.717) is 17.3 Å². The summed E-state index contributed by atoms with van der Waals surface area (Å²) in [5, 5.41) is 4.81. The third-order valence-electron chi connectivity index (χ3n) is 6.09. The Morgan fingerprint density at radius 3 is 2.64 bits per heavy atom. The average molecular weight is 420 g/mol. The molecular formula is C20H25N3O3S2. The minimum atomic E-state index is -3.54. The summed E-state index contributed by atoms with van der Waals surface area (Å²) in [6, 6.07) is 7.14. The topological polar surface area (TPSA) is 79.4 Å². The number of rotatable bonds is 5. The van der Waals surface area contributed by atoms with Crippen molar-refractivity contribution in [2.24, 2.45) is 11.3 Å². The lowest BCUT2D eigenvalue weighted by Gasteiger charge is -2.37. The van der Waals surface area contributed by atoms with Gasteiger partial charge in [-0.15, -0.1) is 11.3 Å². The molecule has 0 unspecified atom stereocenters. The first-order valence-electron chi connectivity index (χ1n) is 9.72. The molecule has 1 N–H and O–H groups in total. The van der Waals surface area contributed by atoms with Crippen molar-refractivity contribution in [3.63, 3.8) is 0 Å². The standard InChI is InChI=1S/C20H25N3O3S2/c24-19(22-13-16-6-10-21-11-7-16)17-14-23(15-20(17)8-2-1-3-9-20)28(25,26)18-5-4-12-27-18/h4-7,10-12,17H,1-3,8-9,13-15H2,(H,22,24)/t17-/m1/s1. The highest BCUT2D eigenvalue weighted by molar-refractivity contribution is 7.91. The van der Waals surface area contributed by atoms with Gasteiger partial charge in [-0.3, -0.25) is 9.78 Å². The van der Waals surface area contributed by atoms with Crippen LogP contribution in [0.4, 0.5) is 0 Å². The fraction of sp³-hybridized carbons (Fsp3) is 0.500. The second-order valence-corrected chi connectivity index (χ2v) is 10.9. The zero-order valence-corrected chi connectivity index (χ0v) is 17.3. The van der Waals surface area contributed by atoms with Crippen LogP contribution in [0.5, 0.6) is 0 Å². The minimum absolute atomic E-state index is 0.0393. The molecule has 0 aromatic carbocycles. The second-order valence-electron chi connectivity index (χ2n) is 7.78. The maximum absolute atomic E-state index is 13.1. The van der Waals surface area contributed by atoms with Crippen LogP contribution in [0.25, 0.3) is 0 Å². The van der Waals surface area contributed by atoms with Crippen LogP contribution < -0.4 is 5.32 Å². The number of aromatic nitrogens is 1.